The number of nitrogens with zero attached hydrogens (tertiary/aromatic N) is 2. The predicted molar refractivity (Wildman–Crippen MR) is 181 cm³/mol. The molecule has 6 aromatic rings. The van der Waals surface area contributed by atoms with E-state index in [-0.39, 0.29) is 28.9 Å². The molecule has 0 saturated carbocycles. The van der Waals surface area contributed by atoms with E-state index in [1.54, 1.807) is 9.80 Å². The van der Waals surface area contributed by atoms with Crippen molar-refractivity contribution in [1.82, 2.24) is 19.8 Å². The maximum atomic E-state index is 14.9. The summed E-state index contributed by atoms with van der Waals surface area (Å²) >= 11 is 2.21. The molecule has 4 aromatic carbocycles. The lowest BCUT2D eigenvalue weighted by Gasteiger charge is -2.36. The van der Waals surface area contributed by atoms with Crippen LogP contribution in [0.4, 0.5) is 4.79 Å². The summed E-state index contributed by atoms with van der Waals surface area (Å²) in [7, 11) is 0. The van der Waals surface area contributed by atoms with Crippen LogP contribution in [0, 0.1) is 0 Å². The van der Waals surface area contributed by atoms with Crippen LogP contribution in [0.2, 0.25) is 0 Å². The highest BCUT2D eigenvalue weighted by atomic mass is 32.1. The van der Waals surface area contributed by atoms with Gasteiger partial charge in [0.15, 0.2) is 0 Å². The number of benzene rings is 4. The normalized spacial score (nSPS) is 20.4. The largest absolute Gasteiger partial charge is 0.388 e. The van der Waals surface area contributed by atoms with Crippen molar-refractivity contribution in [3.63, 3.8) is 0 Å². The zero-order chi connectivity index (χ0) is 31.8. The van der Waals surface area contributed by atoms with E-state index in [0.29, 0.717) is 12.8 Å². The zero-order valence-electron chi connectivity index (χ0n) is 24.7. The average molecular weight is 653 g/mol. The second kappa shape index (κ2) is 12.7. The summed E-state index contributed by atoms with van der Waals surface area (Å²) < 4.78 is 1.56. The Balaban J connectivity index is 1.32. The van der Waals surface area contributed by atoms with Gasteiger partial charge in [0.05, 0.1) is 32.5 Å². The minimum atomic E-state index is -1.26. The summed E-state index contributed by atoms with van der Waals surface area (Å²) in [5.74, 6) is 0. The molecule has 2 amide bonds. The van der Waals surface area contributed by atoms with Crippen LogP contribution in [0.1, 0.15) is 22.3 Å². The number of aliphatic hydroxyl groups is 2. The molecule has 1 aliphatic heterocycles. The van der Waals surface area contributed by atoms with Gasteiger partial charge >= 0.3 is 15.8 Å². The highest BCUT2D eigenvalue weighted by Gasteiger charge is 2.46. The number of thiazole rings is 2. The molecule has 0 aliphatic carbocycles. The van der Waals surface area contributed by atoms with Crippen LogP contribution in [0.3, 0.4) is 0 Å². The molecule has 0 spiro atoms. The quantitative estimate of drug-likeness (QED) is 0.186. The first kappa shape index (κ1) is 30.1. The molecule has 3 heterocycles. The van der Waals surface area contributed by atoms with Gasteiger partial charge in [0.25, 0.3) is 0 Å². The first-order valence-electron chi connectivity index (χ1n) is 15.1. The van der Waals surface area contributed by atoms with E-state index in [1.165, 1.54) is 0 Å². The summed E-state index contributed by atoms with van der Waals surface area (Å²) in [5.41, 5.74) is 4.91. The molecule has 2 aromatic heterocycles. The molecular weight excluding hydrogens is 621 g/mol. The van der Waals surface area contributed by atoms with Gasteiger partial charge in [-0.2, -0.15) is 0 Å². The number of hydrogen-bond acceptors (Lipinski definition) is 7. The monoisotopic (exact) mass is 652 g/mol. The van der Waals surface area contributed by atoms with Crippen LogP contribution in [0.5, 0.6) is 0 Å². The highest BCUT2D eigenvalue weighted by Crippen LogP contribution is 2.31. The molecule has 0 bridgehead atoms. The summed E-state index contributed by atoms with van der Waals surface area (Å²) in [5, 5.41) is 23.9. The molecule has 7 rings (SSSR count). The van der Waals surface area contributed by atoms with Crippen molar-refractivity contribution in [2.24, 2.45) is 0 Å². The van der Waals surface area contributed by atoms with Gasteiger partial charge in [-0.15, -0.1) is 0 Å². The summed E-state index contributed by atoms with van der Waals surface area (Å²) in [6.45, 7) is 0.324. The van der Waals surface area contributed by atoms with Crippen molar-refractivity contribution >= 4 is 49.1 Å². The predicted octanol–water partition coefficient (Wildman–Crippen LogP) is 4.87. The van der Waals surface area contributed by atoms with Gasteiger partial charge in [-0.3, -0.25) is 9.59 Å². The third-order valence-corrected chi connectivity index (χ3v) is 10.4. The molecule has 1 fully saturated rings. The highest BCUT2D eigenvalue weighted by molar-refractivity contribution is 7.16. The van der Waals surface area contributed by atoms with Crippen LogP contribution in [-0.2, 0) is 25.9 Å². The van der Waals surface area contributed by atoms with Gasteiger partial charge in [-0.25, -0.2) is 4.79 Å². The molecule has 234 valence electrons. The van der Waals surface area contributed by atoms with Gasteiger partial charge < -0.3 is 30.0 Å². The number of hydrogen-bond donors (Lipinski definition) is 4. The number of urea groups is 1. The molecule has 46 heavy (non-hydrogen) atoms. The van der Waals surface area contributed by atoms with Crippen LogP contribution in [-0.4, -0.2) is 60.3 Å². The lowest BCUT2D eigenvalue weighted by molar-refractivity contribution is -0.0408. The fourth-order valence-electron chi connectivity index (χ4n) is 6.39. The second-order valence-corrected chi connectivity index (χ2v) is 13.8. The number of aliphatic hydroxyl groups excluding tert-OH is 2. The van der Waals surface area contributed by atoms with Crippen molar-refractivity contribution in [1.29, 1.82) is 0 Å². The summed E-state index contributed by atoms with van der Waals surface area (Å²) in [6, 6.07) is 28.7. The van der Waals surface area contributed by atoms with Crippen LogP contribution >= 0.6 is 22.7 Å². The Bertz CT molecular complexity index is 1960. The molecule has 0 radical (unpaired) electrons. The van der Waals surface area contributed by atoms with Crippen molar-refractivity contribution in [2.75, 3.05) is 0 Å². The minimum absolute atomic E-state index is 0.155. The lowest BCUT2D eigenvalue weighted by Crippen LogP contribution is -2.50. The lowest BCUT2D eigenvalue weighted by atomic mass is 9.91. The Morgan fingerprint density at radius 3 is 1.39 bits per heavy atom. The molecule has 9 nitrogen and oxygen atoms in total. The van der Waals surface area contributed by atoms with E-state index in [0.717, 1.165) is 65.4 Å². The fourth-order valence-corrected chi connectivity index (χ4v) is 7.99. The SMILES string of the molecule is O=C1N(Cc2ccc3[nH]c(=O)sc3c2)[C@H](Cc2ccccc2)[C@H](O)[C@@H](O)[C@@H](Cc2ccccc2)N1Cc1ccc2[nH]c(=O)sc2c1. The number of fused-ring (bicyclic) bond motifs is 2. The van der Waals surface area contributed by atoms with Crippen molar-refractivity contribution in [3.05, 3.63) is 139 Å². The number of nitrogens with one attached hydrogen (secondary N) is 2. The van der Waals surface area contributed by atoms with Crippen molar-refractivity contribution < 1.29 is 15.0 Å². The minimum Gasteiger partial charge on any atom is -0.388 e. The van der Waals surface area contributed by atoms with Crippen molar-refractivity contribution in [2.45, 2.75) is 50.2 Å². The van der Waals surface area contributed by atoms with E-state index >= 15 is 0 Å². The smallest absolute Gasteiger partial charge is 0.321 e. The Kier molecular flexibility index (Phi) is 8.31. The van der Waals surface area contributed by atoms with Gasteiger partial charge in [0.2, 0.25) is 0 Å². The molecule has 1 saturated heterocycles. The number of H-pyrrole nitrogens is 2. The second-order valence-electron chi connectivity index (χ2n) is 11.7. The Labute approximate surface area is 272 Å². The van der Waals surface area contributed by atoms with Crippen LogP contribution in [0.25, 0.3) is 20.4 Å². The Morgan fingerprint density at radius 1 is 0.565 bits per heavy atom. The van der Waals surface area contributed by atoms with Gasteiger partial charge in [-0.1, -0.05) is 95.5 Å². The number of rotatable bonds is 8. The number of carbonyl (C=O) groups is 1. The van der Waals surface area contributed by atoms with E-state index in [1.807, 2.05) is 97.1 Å². The van der Waals surface area contributed by atoms with E-state index in [2.05, 4.69) is 9.97 Å². The standard InChI is InChI=1S/C35H32N4O5S2/c40-31-27(15-21-7-3-1-4-8-21)38(19-23-11-13-25-29(17-23)45-33(42)36-25)35(44)39(28(32(31)41)16-22-9-5-2-6-10-22)20-24-12-14-26-30(18-24)46-34(43)37-26/h1-14,17-18,27-28,31-32,40-41H,15-16,19-20H2,(H,36,42)(H,37,43)/t27-,28-,31+,32+/m1/s1. The van der Waals surface area contributed by atoms with Gasteiger partial charge in [0.1, 0.15) is 12.2 Å². The Morgan fingerprint density at radius 2 is 0.978 bits per heavy atom. The number of carbonyl (C=O) groups excluding carboxylic acids is 1. The molecular formula is C35H32N4O5S2. The van der Waals surface area contributed by atoms with Gasteiger partial charge in [-0.05, 0) is 59.4 Å². The van der Waals surface area contributed by atoms with Gasteiger partial charge in [0, 0.05) is 13.1 Å². The zero-order valence-corrected chi connectivity index (χ0v) is 26.3. The van der Waals surface area contributed by atoms with Crippen LogP contribution in [0.15, 0.2) is 107 Å². The molecule has 4 N–H and O–H groups in total. The Hall–Kier alpha value is -4.55. The third kappa shape index (κ3) is 6.14. The number of aromatic nitrogens is 2. The van der Waals surface area contributed by atoms with E-state index < -0.39 is 24.3 Å². The van der Waals surface area contributed by atoms with Crippen LogP contribution < -0.4 is 9.75 Å². The van der Waals surface area contributed by atoms with E-state index in [9.17, 15) is 24.6 Å². The average Bonchev–Trinajstić information content (AvgIpc) is 3.62. The maximum Gasteiger partial charge on any atom is 0.321 e. The van der Waals surface area contributed by atoms with E-state index in [4.69, 9.17) is 0 Å². The maximum absolute atomic E-state index is 14.9. The first-order chi connectivity index (χ1) is 22.3. The topological polar surface area (TPSA) is 130 Å². The number of aromatic amines is 2. The molecule has 11 heteroatoms. The third-order valence-electron chi connectivity index (χ3n) is 8.68. The number of amides is 2. The van der Waals surface area contributed by atoms with Crippen molar-refractivity contribution in [3.8, 4) is 0 Å². The molecule has 1 aliphatic rings. The molecule has 0 unspecified atom stereocenters. The fraction of sp³-hybridized carbons (Fsp3) is 0.229. The first-order valence-corrected chi connectivity index (χ1v) is 16.7. The molecule has 4 atom stereocenters. The summed E-state index contributed by atoms with van der Waals surface area (Å²) in [4.78, 5) is 47.6. The summed E-state index contributed by atoms with van der Waals surface area (Å²) in [6.07, 6.45) is -1.85.